The lowest BCUT2D eigenvalue weighted by atomic mass is 9.45. The molecule has 0 aliphatic heterocycles. The van der Waals surface area contributed by atoms with Crippen LogP contribution in [0.15, 0.2) is 0 Å². The molecule has 7 atom stereocenters. The normalized spacial score (nSPS) is 48.2. The maximum absolute atomic E-state index is 5.98. The minimum atomic E-state index is 0.428. The van der Waals surface area contributed by atoms with Crippen molar-refractivity contribution in [2.45, 2.75) is 106 Å². The molecule has 1 nitrogen and oxygen atoms in total. The Bertz CT molecular complexity index is 510. The van der Waals surface area contributed by atoms with E-state index in [0.717, 1.165) is 30.2 Å². The summed E-state index contributed by atoms with van der Waals surface area (Å²) in [5.74, 6) is 3.70. The predicted octanol–water partition coefficient (Wildman–Crippen LogP) is 7.05. The van der Waals surface area contributed by atoms with Gasteiger partial charge in [-0.2, -0.15) is 0 Å². The van der Waals surface area contributed by atoms with E-state index >= 15 is 0 Å². The zero-order valence-corrected chi connectivity index (χ0v) is 19.0. The monoisotopic (exact) mass is 361 g/mol. The van der Waals surface area contributed by atoms with Crippen molar-refractivity contribution in [3.63, 3.8) is 0 Å². The van der Waals surface area contributed by atoms with Crippen LogP contribution in [0, 0.1) is 45.3 Å². The molecule has 26 heavy (non-hydrogen) atoms. The summed E-state index contributed by atoms with van der Waals surface area (Å²) in [6, 6.07) is 0. The molecule has 3 saturated carbocycles. The van der Waals surface area contributed by atoms with Crippen molar-refractivity contribution in [1.29, 1.82) is 0 Å². The highest BCUT2D eigenvalue weighted by Crippen LogP contribution is 2.72. The lowest BCUT2D eigenvalue weighted by Crippen LogP contribution is -2.52. The largest absolute Gasteiger partial charge is 0.330 e. The topological polar surface area (TPSA) is 26.0 Å². The third-order valence-corrected chi connectivity index (χ3v) is 10.1. The first-order valence-corrected chi connectivity index (χ1v) is 11.7. The molecular weight excluding hydrogens is 314 g/mol. The van der Waals surface area contributed by atoms with E-state index in [1.165, 1.54) is 57.8 Å². The van der Waals surface area contributed by atoms with Gasteiger partial charge in [-0.3, -0.25) is 0 Å². The van der Waals surface area contributed by atoms with Crippen molar-refractivity contribution in [1.82, 2.24) is 0 Å². The van der Waals surface area contributed by atoms with Gasteiger partial charge in [0.15, 0.2) is 0 Å². The minimum absolute atomic E-state index is 0.428. The molecule has 1 heteroatoms. The maximum atomic E-state index is 5.98. The molecule has 2 N–H and O–H groups in total. The van der Waals surface area contributed by atoms with E-state index in [2.05, 4.69) is 48.5 Å². The summed E-state index contributed by atoms with van der Waals surface area (Å²) in [6.07, 6.45) is 12.8. The highest BCUT2D eigenvalue weighted by molar-refractivity contribution is 5.13. The van der Waals surface area contributed by atoms with Crippen LogP contribution in [0.2, 0.25) is 0 Å². The van der Waals surface area contributed by atoms with E-state index in [9.17, 15) is 0 Å². The highest BCUT2D eigenvalue weighted by atomic mass is 14.7. The zero-order valence-electron chi connectivity index (χ0n) is 19.0. The second-order valence-electron chi connectivity index (χ2n) is 12.4. The standard InChI is InChI=1S/C25H47N/c1-8-9-11-23(5)13-19-14-24(6)17-22(3,4)25(7,18(2)10-12-26)16-21(24)20(19)15-23/h18-21H,8-17,26H2,1-7H3. The van der Waals surface area contributed by atoms with Gasteiger partial charge in [-0.05, 0) is 96.8 Å². The lowest BCUT2D eigenvalue weighted by molar-refractivity contribution is -0.105. The molecule has 3 aliphatic rings. The Morgan fingerprint density at radius 3 is 2.31 bits per heavy atom. The SMILES string of the molecule is CCCCC1(C)CC2CC3(C)CC(C)(C)C(C)(C(C)CCN)CC3C2C1. The summed E-state index contributed by atoms with van der Waals surface area (Å²) in [5.41, 5.74) is 8.08. The first kappa shape index (κ1) is 20.7. The summed E-state index contributed by atoms with van der Waals surface area (Å²) in [6.45, 7) is 18.7. The smallest absolute Gasteiger partial charge is 0.00745 e. The first-order valence-electron chi connectivity index (χ1n) is 11.7. The van der Waals surface area contributed by atoms with E-state index in [1.807, 2.05) is 0 Å². The second kappa shape index (κ2) is 6.78. The zero-order chi connectivity index (χ0) is 19.4. The molecule has 0 aromatic rings. The summed E-state index contributed by atoms with van der Waals surface area (Å²) in [4.78, 5) is 0. The van der Waals surface area contributed by atoms with Crippen LogP contribution in [0.1, 0.15) is 106 Å². The average Bonchev–Trinajstić information content (AvgIpc) is 2.96. The number of rotatable bonds is 6. The van der Waals surface area contributed by atoms with Crippen molar-refractivity contribution < 1.29 is 0 Å². The van der Waals surface area contributed by atoms with Crippen molar-refractivity contribution in [2.24, 2.45) is 51.1 Å². The fourth-order valence-electron chi connectivity index (χ4n) is 8.36. The lowest BCUT2D eigenvalue weighted by Gasteiger charge is -2.60. The summed E-state index contributed by atoms with van der Waals surface area (Å²) >= 11 is 0. The van der Waals surface area contributed by atoms with Crippen molar-refractivity contribution in [3.05, 3.63) is 0 Å². The van der Waals surface area contributed by atoms with Gasteiger partial charge in [-0.1, -0.05) is 61.3 Å². The minimum Gasteiger partial charge on any atom is -0.330 e. The molecule has 3 rings (SSSR count). The van der Waals surface area contributed by atoms with E-state index in [-0.39, 0.29) is 0 Å². The second-order valence-corrected chi connectivity index (χ2v) is 12.4. The summed E-state index contributed by atoms with van der Waals surface area (Å²) in [5, 5.41) is 0. The van der Waals surface area contributed by atoms with Crippen LogP contribution in [0.5, 0.6) is 0 Å². The van der Waals surface area contributed by atoms with Gasteiger partial charge in [-0.25, -0.2) is 0 Å². The molecule has 0 spiro atoms. The van der Waals surface area contributed by atoms with Gasteiger partial charge in [-0.15, -0.1) is 0 Å². The van der Waals surface area contributed by atoms with Gasteiger partial charge < -0.3 is 5.73 Å². The van der Waals surface area contributed by atoms with Gasteiger partial charge in [0.2, 0.25) is 0 Å². The summed E-state index contributed by atoms with van der Waals surface area (Å²) in [7, 11) is 0. The van der Waals surface area contributed by atoms with Gasteiger partial charge in [0.25, 0.3) is 0 Å². The van der Waals surface area contributed by atoms with Gasteiger partial charge in [0.1, 0.15) is 0 Å². The molecule has 0 amide bonds. The third kappa shape index (κ3) is 3.19. The van der Waals surface area contributed by atoms with Crippen LogP contribution in [0.3, 0.4) is 0 Å². The van der Waals surface area contributed by atoms with Gasteiger partial charge in [0.05, 0.1) is 0 Å². The molecule has 7 unspecified atom stereocenters. The van der Waals surface area contributed by atoms with Crippen molar-refractivity contribution in [3.8, 4) is 0 Å². The average molecular weight is 362 g/mol. The molecule has 3 fully saturated rings. The van der Waals surface area contributed by atoms with Crippen molar-refractivity contribution in [2.75, 3.05) is 6.54 Å². The molecule has 152 valence electrons. The number of nitrogens with two attached hydrogens (primary N) is 1. The molecular formula is C25H47N. The fraction of sp³-hybridized carbons (Fsp3) is 1.00. The molecule has 0 aromatic heterocycles. The molecule has 0 bridgehead atoms. The van der Waals surface area contributed by atoms with E-state index in [1.54, 1.807) is 0 Å². The van der Waals surface area contributed by atoms with Crippen LogP contribution in [-0.4, -0.2) is 6.54 Å². The van der Waals surface area contributed by atoms with Crippen LogP contribution < -0.4 is 5.73 Å². The maximum Gasteiger partial charge on any atom is -0.00745 e. The van der Waals surface area contributed by atoms with E-state index in [0.29, 0.717) is 21.7 Å². The highest BCUT2D eigenvalue weighted by Gasteiger charge is 2.64. The number of fused-ring (bicyclic) bond motifs is 3. The Morgan fingerprint density at radius 2 is 1.69 bits per heavy atom. The van der Waals surface area contributed by atoms with Crippen LogP contribution >= 0.6 is 0 Å². The Hall–Kier alpha value is -0.0400. The molecule has 0 aromatic carbocycles. The Balaban J connectivity index is 1.83. The third-order valence-electron chi connectivity index (χ3n) is 10.1. The Kier molecular flexibility index (Phi) is 5.40. The van der Waals surface area contributed by atoms with Crippen LogP contribution in [-0.2, 0) is 0 Å². The molecule has 0 saturated heterocycles. The summed E-state index contributed by atoms with van der Waals surface area (Å²) < 4.78 is 0. The first-order chi connectivity index (χ1) is 12.0. The fourth-order valence-corrected chi connectivity index (χ4v) is 8.36. The van der Waals surface area contributed by atoms with Gasteiger partial charge >= 0.3 is 0 Å². The van der Waals surface area contributed by atoms with Crippen LogP contribution in [0.4, 0.5) is 0 Å². The van der Waals surface area contributed by atoms with Gasteiger partial charge in [0, 0.05) is 0 Å². The molecule has 3 aliphatic carbocycles. The van der Waals surface area contributed by atoms with E-state index < -0.39 is 0 Å². The van der Waals surface area contributed by atoms with Crippen molar-refractivity contribution >= 4 is 0 Å². The Morgan fingerprint density at radius 1 is 1.00 bits per heavy atom. The predicted molar refractivity (Wildman–Crippen MR) is 114 cm³/mol. The van der Waals surface area contributed by atoms with Crippen LogP contribution in [0.25, 0.3) is 0 Å². The Labute approximate surface area is 164 Å². The molecule has 0 radical (unpaired) electrons. The number of hydrogen-bond donors (Lipinski definition) is 1. The quantitative estimate of drug-likeness (QED) is 0.539. The number of hydrogen-bond acceptors (Lipinski definition) is 1. The number of unbranched alkanes of at least 4 members (excludes halogenated alkanes) is 1. The van der Waals surface area contributed by atoms with E-state index in [4.69, 9.17) is 5.73 Å². The molecule has 0 heterocycles.